The molecule has 0 amide bonds. The van der Waals surface area contributed by atoms with E-state index < -0.39 is 0 Å². The van der Waals surface area contributed by atoms with Gasteiger partial charge >= 0.3 is 0 Å². The third-order valence-corrected chi connectivity index (χ3v) is 3.87. The highest BCUT2D eigenvalue weighted by molar-refractivity contribution is 5.80. The third kappa shape index (κ3) is 3.14. The van der Waals surface area contributed by atoms with Crippen LogP contribution in [0.4, 0.5) is 0 Å². The molecular formula is C20H22N2O. The molecule has 23 heavy (non-hydrogen) atoms. The Labute approximate surface area is 136 Å². The maximum Gasteiger partial charge on any atom is 0.275 e. The van der Waals surface area contributed by atoms with Gasteiger partial charge in [-0.25, -0.2) is 0 Å². The molecule has 0 atom stereocenters. The second-order valence-corrected chi connectivity index (χ2v) is 6.41. The van der Waals surface area contributed by atoms with Crippen molar-refractivity contribution in [3.8, 4) is 22.4 Å². The van der Waals surface area contributed by atoms with Crippen molar-refractivity contribution < 1.29 is 0 Å². The Morgan fingerprint density at radius 1 is 1.00 bits per heavy atom. The molecule has 0 aliphatic rings. The molecule has 3 heteroatoms. The van der Waals surface area contributed by atoms with Crippen molar-refractivity contribution in [3.05, 3.63) is 70.5 Å². The van der Waals surface area contributed by atoms with Gasteiger partial charge in [0.2, 0.25) is 0 Å². The average molecular weight is 306 g/mol. The number of hydrogen-bond donors (Lipinski definition) is 1. The number of aryl methyl sites for hydroxylation is 1. The van der Waals surface area contributed by atoms with Gasteiger partial charge in [0.15, 0.2) is 0 Å². The normalized spacial score (nSPS) is 11.1. The first kappa shape index (κ1) is 15.3. The van der Waals surface area contributed by atoms with Crippen molar-refractivity contribution in [1.29, 1.82) is 0 Å². The highest BCUT2D eigenvalue weighted by atomic mass is 16.1. The van der Waals surface area contributed by atoms with Gasteiger partial charge in [-0.2, -0.15) is 0 Å². The Balaban J connectivity index is 2.23. The van der Waals surface area contributed by atoms with Crippen LogP contribution in [-0.2, 0) is 6.54 Å². The van der Waals surface area contributed by atoms with Crippen LogP contribution in [0.15, 0.2) is 59.4 Å². The van der Waals surface area contributed by atoms with Gasteiger partial charge in [0.1, 0.15) is 0 Å². The monoisotopic (exact) mass is 306 g/mol. The predicted molar refractivity (Wildman–Crippen MR) is 95.5 cm³/mol. The molecule has 0 spiro atoms. The molecule has 0 bridgehead atoms. The first-order valence-corrected chi connectivity index (χ1v) is 8.01. The van der Waals surface area contributed by atoms with Crippen LogP contribution in [0.1, 0.15) is 19.4 Å². The van der Waals surface area contributed by atoms with E-state index in [9.17, 15) is 4.79 Å². The number of nitrogens with zero attached hydrogens (tertiary/aromatic N) is 1. The summed E-state index contributed by atoms with van der Waals surface area (Å²) in [6.07, 6.45) is 0. The zero-order valence-electron chi connectivity index (χ0n) is 13.8. The lowest BCUT2D eigenvalue weighted by Crippen LogP contribution is -2.20. The van der Waals surface area contributed by atoms with E-state index in [1.54, 1.807) is 4.68 Å². The van der Waals surface area contributed by atoms with E-state index in [1.807, 2.05) is 42.5 Å². The molecule has 0 saturated carbocycles. The molecule has 1 heterocycles. The van der Waals surface area contributed by atoms with E-state index in [1.165, 1.54) is 5.56 Å². The summed E-state index contributed by atoms with van der Waals surface area (Å²) in [5.41, 5.74) is 4.86. The zero-order chi connectivity index (χ0) is 16.4. The summed E-state index contributed by atoms with van der Waals surface area (Å²) in [4.78, 5) is 12.9. The van der Waals surface area contributed by atoms with Gasteiger partial charge in [-0.1, -0.05) is 67.9 Å². The highest BCUT2D eigenvalue weighted by Gasteiger charge is 2.17. The number of H-pyrrole nitrogens is 1. The molecule has 0 saturated heterocycles. The summed E-state index contributed by atoms with van der Waals surface area (Å²) >= 11 is 0. The van der Waals surface area contributed by atoms with Crippen LogP contribution in [0.25, 0.3) is 22.4 Å². The molecule has 0 radical (unpaired) electrons. The summed E-state index contributed by atoms with van der Waals surface area (Å²) < 4.78 is 1.73. The zero-order valence-corrected chi connectivity index (χ0v) is 13.8. The smallest absolute Gasteiger partial charge is 0.275 e. The lowest BCUT2D eigenvalue weighted by molar-refractivity contribution is 0.474. The number of hydrogen-bond acceptors (Lipinski definition) is 1. The quantitative estimate of drug-likeness (QED) is 0.758. The van der Waals surface area contributed by atoms with E-state index in [-0.39, 0.29) is 5.56 Å². The van der Waals surface area contributed by atoms with E-state index in [0.29, 0.717) is 12.5 Å². The van der Waals surface area contributed by atoms with Gasteiger partial charge in [-0.05, 0) is 24.5 Å². The van der Waals surface area contributed by atoms with Gasteiger partial charge in [0.05, 0.1) is 11.3 Å². The van der Waals surface area contributed by atoms with Crippen molar-refractivity contribution in [2.24, 2.45) is 5.92 Å². The van der Waals surface area contributed by atoms with E-state index >= 15 is 0 Å². The highest BCUT2D eigenvalue weighted by Crippen LogP contribution is 2.28. The van der Waals surface area contributed by atoms with Gasteiger partial charge in [0.25, 0.3) is 5.56 Å². The maximum atomic E-state index is 12.9. The van der Waals surface area contributed by atoms with Crippen LogP contribution in [0.2, 0.25) is 0 Å². The van der Waals surface area contributed by atoms with Crippen LogP contribution in [0, 0.1) is 12.8 Å². The molecule has 3 rings (SSSR count). The summed E-state index contributed by atoms with van der Waals surface area (Å²) in [6, 6.07) is 18.1. The third-order valence-electron chi connectivity index (χ3n) is 3.87. The minimum Gasteiger partial charge on any atom is -0.294 e. The first-order valence-electron chi connectivity index (χ1n) is 8.01. The number of benzene rings is 2. The van der Waals surface area contributed by atoms with Gasteiger partial charge < -0.3 is 0 Å². The van der Waals surface area contributed by atoms with Crippen molar-refractivity contribution in [2.75, 3.05) is 0 Å². The Kier molecular flexibility index (Phi) is 4.20. The summed E-state index contributed by atoms with van der Waals surface area (Å²) in [5, 5.41) is 3.33. The molecule has 0 aliphatic heterocycles. The fourth-order valence-corrected chi connectivity index (χ4v) is 2.86. The summed E-state index contributed by atoms with van der Waals surface area (Å²) in [5.74, 6) is 0.403. The van der Waals surface area contributed by atoms with Gasteiger partial charge in [-0.3, -0.25) is 14.6 Å². The summed E-state index contributed by atoms with van der Waals surface area (Å²) in [7, 11) is 0. The topological polar surface area (TPSA) is 37.8 Å². The van der Waals surface area contributed by atoms with Crippen LogP contribution in [0.3, 0.4) is 0 Å². The molecule has 0 fully saturated rings. The Hall–Kier alpha value is -2.55. The Bertz CT molecular complexity index is 857. The van der Waals surface area contributed by atoms with Crippen molar-refractivity contribution in [3.63, 3.8) is 0 Å². The van der Waals surface area contributed by atoms with Crippen LogP contribution >= 0.6 is 0 Å². The van der Waals surface area contributed by atoms with E-state index in [4.69, 9.17) is 0 Å². The molecule has 3 aromatic rings. The molecule has 0 aliphatic carbocycles. The Morgan fingerprint density at radius 3 is 2.35 bits per heavy atom. The SMILES string of the molecule is Cc1cccc(-c2[nH]n(CC(C)C)c(=O)c2-c2ccccc2)c1. The second-order valence-electron chi connectivity index (χ2n) is 6.41. The van der Waals surface area contributed by atoms with Crippen molar-refractivity contribution >= 4 is 0 Å². The number of nitrogens with one attached hydrogen (secondary N) is 1. The second kappa shape index (κ2) is 6.29. The van der Waals surface area contributed by atoms with Gasteiger partial charge in [-0.15, -0.1) is 0 Å². The summed E-state index contributed by atoms with van der Waals surface area (Å²) in [6.45, 7) is 6.98. The molecule has 118 valence electrons. The molecular weight excluding hydrogens is 284 g/mol. The van der Waals surface area contributed by atoms with Gasteiger partial charge in [0, 0.05) is 12.1 Å². The molecule has 2 aromatic carbocycles. The number of rotatable bonds is 4. The maximum absolute atomic E-state index is 12.9. The van der Waals surface area contributed by atoms with Crippen molar-refractivity contribution in [1.82, 2.24) is 9.78 Å². The first-order chi connectivity index (χ1) is 11.1. The fourth-order valence-electron chi connectivity index (χ4n) is 2.86. The number of aromatic amines is 1. The van der Waals surface area contributed by atoms with Crippen LogP contribution < -0.4 is 5.56 Å². The molecule has 3 nitrogen and oxygen atoms in total. The van der Waals surface area contributed by atoms with Crippen LogP contribution in [0.5, 0.6) is 0 Å². The molecule has 1 aromatic heterocycles. The lowest BCUT2D eigenvalue weighted by Gasteiger charge is -2.05. The average Bonchev–Trinajstić information content (AvgIpc) is 2.84. The minimum absolute atomic E-state index is 0.0430. The van der Waals surface area contributed by atoms with E-state index in [0.717, 1.165) is 22.4 Å². The largest absolute Gasteiger partial charge is 0.294 e. The molecule has 1 N–H and O–H groups in total. The molecule has 0 unspecified atom stereocenters. The Morgan fingerprint density at radius 2 is 1.70 bits per heavy atom. The lowest BCUT2D eigenvalue weighted by atomic mass is 10.0. The van der Waals surface area contributed by atoms with Crippen molar-refractivity contribution in [2.45, 2.75) is 27.3 Å². The predicted octanol–water partition coefficient (Wildman–Crippen LogP) is 4.47. The number of aromatic nitrogens is 2. The fraction of sp³-hybridized carbons (Fsp3) is 0.250. The standard InChI is InChI=1S/C20H22N2O/c1-14(2)13-22-20(23)18(16-9-5-4-6-10-16)19(21-22)17-11-7-8-15(3)12-17/h4-12,14,21H,13H2,1-3H3. The van der Waals surface area contributed by atoms with E-state index in [2.05, 4.69) is 38.0 Å². The minimum atomic E-state index is 0.0430. The van der Waals surface area contributed by atoms with Crippen LogP contribution in [-0.4, -0.2) is 9.78 Å².